The molecule has 0 saturated carbocycles. The van der Waals surface area contributed by atoms with Gasteiger partial charge >= 0.3 is 7.12 Å². The predicted octanol–water partition coefficient (Wildman–Crippen LogP) is 1.44. The van der Waals surface area contributed by atoms with Gasteiger partial charge in [-0.15, -0.1) is 0 Å². The van der Waals surface area contributed by atoms with Crippen LogP contribution in [0, 0.1) is 0 Å². The summed E-state index contributed by atoms with van der Waals surface area (Å²) in [6, 6.07) is 10.7. The van der Waals surface area contributed by atoms with E-state index < -0.39 is 28.3 Å². The maximum Gasteiger partial charge on any atom is 0.496 e. The molecule has 0 amide bonds. The molecular weight excluding hydrogens is 365 g/mol. The van der Waals surface area contributed by atoms with Crippen molar-refractivity contribution < 1.29 is 17.7 Å². The van der Waals surface area contributed by atoms with Gasteiger partial charge in [-0.05, 0) is 39.3 Å². The summed E-state index contributed by atoms with van der Waals surface area (Å²) in [5.41, 5.74) is 6.11. The molecule has 3 rings (SSSR count). The van der Waals surface area contributed by atoms with Gasteiger partial charge in [-0.3, -0.25) is 0 Å². The molecule has 0 aliphatic carbocycles. The largest absolute Gasteiger partial charge is 0.496 e. The molecule has 0 spiro atoms. The van der Waals surface area contributed by atoms with Gasteiger partial charge in [-0.2, -0.15) is 0 Å². The molecule has 1 fully saturated rings. The van der Waals surface area contributed by atoms with Gasteiger partial charge in [0, 0.05) is 18.2 Å². The van der Waals surface area contributed by atoms with Crippen molar-refractivity contribution in [1.82, 2.24) is 9.71 Å². The molecule has 0 unspecified atom stereocenters. The molecule has 1 saturated heterocycles. The Morgan fingerprint density at radius 2 is 1.70 bits per heavy atom. The molecule has 27 heavy (non-hydrogen) atoms. The SMILES string of the molecule is CC1(C)OB(c2cnc(N)c(S(=O)(=O)NCc3ccccc3)c2)OC1(C)C. The van der Waals surface area contributed by atoms with E-state index >= 15 is 0 Å². The van der Waals surface area contributed by atoms with Crippen LogP contribution in [0.2, 0.25) is 0 Å². The highest BCUT2D eigenvalue weighted by molar-refractivity contribution is 7.89. The highest BCUT2D eigenvalue weighted by atomic mass is 32.2. The molecule has 2 heterocycles. The van der Waals surface area contributed by atoms with E-state index in [4.69, 9.17) is 15.0 Å². The van der Waals surface area contributed by atoms with E-state index in [-0.39, 0.29) is 17.3 Å². The van der Waals surface area contributed by atoms with Gasteiger partial charge in [0.25, 0.3) is 0 Å². The van der Waals surface area contributed by atoms with Crippen molar-refractivity contribution in [1.29, 1.82) is 0 Å². The molecule has 0 radical (unpaired) electrons. The summed E-state index contributed by atoms with van der Waals surface area (Å²) in [6.45, 7) is 7.87. The van der Waals surface area contributed by atoms with Crippen LogP contribution in [0.15, 0.2) is 47.5 Å². The Morgan fingerprint density at radius 3 is 2.30 bits per heavy atom. The minimum atomic E-state index is -3.85. The first kappa shape index (κ1) is 19.8. The van der Waals surface area contributed by atoms with Crippen LogP contribution in [0.5, 0.6) is 0 Å². The molecule has 1 aromatic carbocycles. The molecule has 3 N–H and O–H groups in total. The monoisotopic (exact) mass is 389 g/mol. The maximum atomic E-state index is 12.7. The Hall–Kier alpha value is -1.94. The Balaban J connectivity index is 1.85. The summed E-state index contributed by atoms with van der Waals surface area (Å²) in [5, 5.41) is 0. The van der Waals surface area contributed by atoms with Crippen LogP contribution in [-0.4, -0.2) is 31.7 Å². The van der Waals surface area contributed by atoms with Crippen molar-refractivity contribution in [2.24, 2.45) is 0 Å². The number of aromatic nitrogens is 1. The van der Waals surface area contributed by atoms with Gasteiger partial charge in [0.2, 0.25) is 10.0 Å². The number of hydrogen-bond donors (Lipinski definition) is 2. The summed E-state index contributed by atoms with van der Waals surface area (Å²) < 4.78 is 40.0. The van der Waals surface area contributed by atoms with Crippen LogP contribution in [0.3, 0.4) is 0 Å². The Kier molecular flexibility index (Phi) is 5.07. The molecule has 7 nitrogen and oxygen atoms in total. The number of nitrogens with zero attached hydrogens (tertiary/aromatic N) is 1. The van der Waals surface area contributed by atoms with Crippen molar-refractivity contribution >= 4 is 28.4 Å². The van der Waals surface area contributed by atoms with E-state index in [1.807, 2.05) is 58.0 Å². The summed E-state index contributed by atoms with van der Waals surface area (Å²) >= 11 is 0. The lowest BCUT2D eigenvalue weighted by Gasteiger charge is -2.32. The van der Waals surface area contributed by atoms with Crippen LogP contribution in [-0.2, 0) is 25.9 Å². The highest BCUT2D eigenvalue weighted by Crippen LogP contribution is 2.36. The number of nitrogens with one attached hydrogen (secondary N) is 1. The number of pyridine rings is 1. The minimum Gasteiger partial charge on any atom is -0.399 e. The summed E-state index contributed by atoms with van der Waals surface area (Å²) in [6.07, 6.45) is 1.48. The lowest BCUT2D eigenvalue weighted by molar-refractivity contribution is 0.00578. The molecular formula is C18H24BN3O4S. The third kappa shape index (κ3) is 4.01. The zero-order valence-corrected chi connectivity index (χ0v) is 16.7. The zero-order valence-electron chi connectivity index (χ0n) is 15.9. The van der Waals surface area contributed by atoms with Crippen molar-refractivity contribution in [3.63, 3.8) is 0 Å². The van der Waals surface area contributed by atoms with Crippen LogP contribution in [0.1, 0.15) is 33.3 Å². The zero-order chi connectivity index (χ0) is 19.9. The van der Waals surface area contributed by atoms with Crippen molar-refractivity contribution in [2.75, 3.05) is 5.73 Å². The van der Waals surface area contributed by atoms with Crippen LogP contribution >= 0.6 is 0 Å². The fraction of sp³-hybridized carbons (Fsp3) is 0.389. The summed E-state index contributed by atoms with van der Waals surface area (Å²) in [7, 11) is -4.56. The van der Waals surface area contributed by atoms with Gasteiger partial charge in [-0.1, -0.05) is 30.3 Å². The quantitative estimate of drug-likeness (QED) is 0.751. The third-order valence-electron chi connectivity index (χ3n) is 5.03. The fourth-order valence-corrected chi connectivity index (χ4v) is 3.78. The number of hydrogen-bond acceptors (Lipinski definition) is 6. The molecule has 1 aliphatic rings. The number of benzene rings is 1. The van der Waals surface area contributed by atoms with Crippen LogP contribution in [0.25, 0.3) is 0 Å². The van der Waals surface area contributed by atoms with E-state index in [0.29, 0.717) is 5.46 Å². The number of rotatable bonds is 5. The highest BCUT2D eigenvalue weighted by Gasteiger charge is 2.52. The van der Waals surface area contributed by atoms with E-state index in [1.165, 1.54) is 12.3 Å². The molecule has 9 heteroatoms. The van der Waals surface area contributed by atoms with Gasteiger partial charge < -0.3 is 15.0 Å². The minimum absolute atomic E-state index is 0.0733. The molecule has 2 aromatic rings. The van der Waals surface area contributed by atoms with Crippen molar-refractivity contribution in [2.45, 2.75) is 50.3 Å². The van der Waals surface area contributed by atoms with E-state index in [1.54, 1.807) is 0 Å². The second-order valence-corrected chi connectivity index (χ2v) is 9.29. The lowest BCUT2D eigenvalue weighted by Crippen LogP contribution is -2.41. The summed E-state index contributed by atoms with van der Waals surface area (Å²) in [4.78, 5) is 3.95. The standard InChI is InChI=1S/C18H24BN3O4S/c1-17(2)18(3,4)26-19(25-17)14-10-15(16(20)21-12-14)27(23,24)22-11-13-8-6-5-7-9-13/h5-10,12,22H,11H2,1-4H3,(H2,20,21). The average Bonchev–Trinajstić information content (AvgIpc) is 2.82. The predicted molar refractivity (Wildman–Crippen MR) is 105 cm³/mol. The van der Waals surface area contributed by atoms with Gasteiger partial charge in [0.05, 0.1) is 11.2 Å². The first-order valence-electron chi connectivity index (χ1n) is 8.66. The van der Waals surface area contributed by atoms with Gasteiger partial charge in [-0.25, -0.2) is 18.1 Å². The first-order valence-corrected chi connectivity index (χ1v) is 10.1. The van der Waals surface area contributed by atoms with E-state index in [0.717, 1.165) is 5.56 Å². The van der Waals surface area contributed by atoms with Gasteiger partial charge in [0.1, 0.15) is 10.7 Å². The Morgan fingerprint density at radius 1 is 1.11 bits per heavy atom. The lowest BCUT2D eigenvalue weighted by atomic mass is 9.80. The van der Waals surface area contributed by atoms with Gasteiger partial charge in [0.15, 0.2) is 0 Å². The molecule has 144 valence electrons. The van der Waals surface area contributed by atoms with Crippen molar-refractivity contribution in [3.05, 3.63) is 48.2 Å². The first-order chi connectivity index (χ1) is 12.5. The number of sulfonamides is 1. The Bertz CT molecular complexity index is 917. The normalized spacial score (nSPS) is 18.6. The number of nitrogens with two attached hydrogens (primary N) is 1. The van der Waals surface area contributed by atoms with Crippen molar-refractivity contribution in [3.8, 4) is 0 Å². The van der Waals surface area contributed by atoms with E-state index in [2.05, 4.69) is 9.71 Å². The maximum absolute atomic E-state index is 12.7. The molecule has 0 atom stereocenters. The number of nitrogen functional groups attached to an aromatic ring is 1. The smallest absolute Gasteiger partial charge is 0.399 e. The number of anilines is 1. The summed E-state index contributed by atoms with van der Waals surface area (Å²) in [5.74, 6) is -0.0733. The average molecular weight is 389 g/mol. The second kappa shape index (κ2) is 6.90. The van der Waals surface area contributed by atoms with Crippen LogP contribution in [0.4, 0.5) is 5.82 Å². The Labute approximate surface area is 160 Å². The molecule has 0 bridgehead atoms. The third-order valence-corrected chi connectivity index (χ3v) is 6.46. The van der Waals surface area contributed by atoms with E-state index in [9.17, 15) is 8.42 Å². The molecule has 1 aromatic heterocycles. The van der Waals surface area contributed by atoms with Crippen LogP contribution < -0.4 is 15.9 Å². The fourth-order valence-electron chi connectivity index (χ4n) is 2.65. The topological polar surface area (TPSA) is 104 Å². The molecule has 1 aliphatic heterocycles. The second-order valence-electron chi connectivity index (χ2n) is 7.55.